The van der Waals surface area contributed by atoms with Crippen LogP contribution in [0.1, 0.15) is 34.6 Å². The Hall–Kier alpha value is -1.52. The predicted molar refractivity (Wildman–Crippen MR) is 87.9 cm³/mol. The minimum absolute atomic E-state index is 0.322. The van der Waals surface area contributed by atoms with E-state index < -0.39 is 62.2 Å². The lowest BCUT2D eigenvalue weighted by atomic mass is 9.81. The fraction of sp³-hybridized carbons (Fsp3) is 0.800. The van der Waals surface area contributed by atoms with Gasteiger partial charge in [-0.15, -0.1) is 0 Å². The zero-order valence-corrected chi connectivity index (χ0v) is 16.6. The number of carbonyl (C=O) groups is 3. The molecule has 11 nitrogen and oxygen atoms in total. The summed E-state index contributed by atoms with van der Waals surface area (Å²) in [5.74, 6) is -2.85. The number of hydrogen-bond donors (Lipinski definition) is 2. The molecule has 2 unspecified atom stereocenters. The smallest absolute Gasteiger partial charge is 0.462 e. The van der Waals surface area contributed by atoms with E-state index in [0.29, 0.717) is 0 Å². The van der Waals surface area contributed by atoms with Gasteiger partial charge in [-0.3, -0.25) is 18.9 Å². The van der Waals surface area contributed by atoms with Gasteiger partial charge >= 0.3 is 25.7 Å². The van der Waals surface area contributed by atoms with Gasteiger partial charge < -0.3 is 28.7 Å². The van der Waals surface area contributed by atoms with E-state index in [-0.39, 0.29) is 6.61 Å². The van der Waals surface area contributed by atoms with E-state index in [1.165, 1.54) is 6.92 Å². The zero-order chi connectivity index (χ0) is 20.9. The average Bonchev–Trinajstić information content (AvgIpc) is 2.49. The quantitative estimate of drug-likeness (QED) is 0.341. The summed E-state index contributed by atoms with van der Waals surface area (Å²) < 4.78 is 36.7. The van der Waals surface area contributed by atoms with Crippen molar-refractivity contribution in [3.63, 3.8) is 0 Å². The van der Waals surface area contributed by atoms with Crippen LogP contribution in [-0.2, 0) is 42.4 Å². The Kier molecular flexibility index (Phi) is 8.37. The Morgan fingerprint density at radius 2 is 1.63 bits per heavy atom. The number of phosphoric ester groups is 1. The fourth-order valence-electron chi connectivity index (χ4n) is 2.81. The van der Waals surface area contributed by atoms with E-state index in [9.17, 15) is 18.9 Å². The number of esters is 3. The molecular weight excluding hydrogens is 387 g/mol. The lowest BCUT2D eigenvalue weighted by Crippen LogP contribution is -2.56. The van der Waals surface area contributed by atoms with E-state index in [1.807, 2.05) is 0 Å². The Morgan fingerprint density at radius 1 is 1.04 bits per heavy atom. The van der Waals surface area contributed by atoms with Crippen molar-refractivity contribution in [1.82, 2.24) is 0 Å². The highest BCUT2D eigenvalue weighted by atomic mass is 31.2. The standard InChI is InChI=1S/C15H25O11P/c1-7-8(2)14(24-11(5)18)15(26-27(19,20)21)25-13(7)12(23-10(4)17)6-22-9(3)16/h7-8,12-15H,6H2,1-5H3,(H2,19,20,21)/t7-,8?,12+,13?,14+,15-/m0/s1. The normalized spacial score (nSPS) is 29.5. The van der Waals surface area contributed by atoms with Crippen molar-refractivity contribution < 1.29 is 52.2 Å². The highest BCUT2D eigenvalue weighted by Gasteiger charge is 2.49. The van der Waals surface area contributed by atoms with Gasteiger partial charge in [0.25, 0.3) is 0 Å². The van der Waals surface area contributed by atoms with Crippen LogP contribution in [0.4, 0.5) is 0 Å². The first-order valence-electron chi connectivity index (χ1n) is 8.19. The first kappa shape index (κ1) is 23.5. The van der Waals surface area contributed by atoms with Crippen LogP contribution in [0.2, 0.25) is 0 Å². The molecule has 0 aromatic heterocycles. The van der Waals surface area contributed by atoms with Crippen LogP contribution in [0.15, 0.2) is 0 Å². The molecule has 2 N–H and O–H groups in total. The molecule has 1 aliphatic rings. The van der Waals surface area contributed by atoms with E-state index in [0.717, 1.165) is 13.8 Å². The summed E-state index contributed by atoms with van der Waals surface area (Å²) in [5, 5.41) is 0. The second kappa shape index (κ2) is 9.61. The lowest BCUT2D eigenvalue weighted by Gasteiger charge is -2.45. The first-order chi connectivity index (χ1) is 12.3. The fourth-order valence-corrected chi connectivity index (χ4v) is 3.25. The molecule has 1 heterocycles. The van der Waals surface area contributed by atoms with Crippen LogP contribution >= 0.6 is 7.82 Å². The van der Waals surface area contributed by atoms with Gasteiger partial charge in [0.2, 0.25) is 6.29 Å². The molecule has 12 heteroatoms. The summed E-state index contributed by atoms with van der Waals surface area (Å²) in [6, 6.07) is 0. The van der Waals surface area contributed by atoms with Gasteiger partial charge in [0.05, 0.1) is 0 Å². The Labute approximate surface area is 156 Å². The molecule has 1 saturated heterocycles. The van der Waals surface area contributed by atoms with Crippen molar-refractivity contribution in [3.8, 4) is 0 Å². The topological polar surface area (TPSA) is 155 Å². The van der Waals surface area contributed by atoms with Gasteiger partial charge in [0.15, 0.2) is 12.2 Å². The second-order valence-electron chi connectivity index (χ2n) is 6.31. The van der Waals surface area contributed by atoms with Gasteiger partial charge in [-0.1, -0.05) is 13.8 Å². The molecule has 156 valence electrons. The summed E-state index contributed by atoms with van der Waals surface area (Å²) >= 11 is 0. The third-order valence-electron chi connectivity index (χ3n) is 4.10. The second-order valence-corrected chi connectivity index (χ2v) is 7.50. The molecule has 6 atom stereocenters. The maximum atomic E-state index is 11.4. The summed E-state index contributed by atoms with van der Waals surface area (Å²) in [6.45, 7) is 6.53. The summed E-state index contributed by atoms with van der Waals surface area (Å²) in [5.41, 5.74) is 0. The van der Waals surface area contributed by atoms with E-state index in [2.05, 4.69) is 4.52 Å². The highest BCUT2D eigenvalue weighted by molar-refractivity contribution is 7.46. The molecule has 0 spiro atoms. The van der Waals surface area contributed by atoms with E-state index in [4.69, 9.17) is 28.7 Å². The first-order valence-corrected chi connectivity index (χ1v) is 9.72. The Bertz CT molecular complexity index is 601. The number of ether oxygens (including phenoxy) is 4. The van der Waals surface area contributed by atoms with Crippen LogP contribution in [0.25, 0.3) is 0 Å². The van der Waals surface area contributed by atoms with Crippen molar-refractivity contribution in [3.05, 3.63) is 0 Å². The SMILES string of the molecule is CC(=O)OC[C@@H](OC(C)=O)C1O[C@@H](OP(=O)(O)O)[C@H](OC(C)=O)C(C)[C@@H]1C. The average molecular weight is 412 g/mol. The lowest BCUT2D eigenvalue weighted by molar-refractivity contribution is -0.271. The molecule has 1 rings (SSSR count). The molecule has 1 fully saturated rings. The minimum atomic E-state index is -4.99. The molecule has 27 heavy (non-hydrogen) atoms. The molecule has 0 bridgehead atoms. The van der Waals surface area contributed by atoms with Crippen LogP contribution in [0, 0.1) is 11.8 Å². The van der Waals surface area contributed by atoms with Gasteiger partial charge in [-0.25, -0.2) is 4.57 Å². The Morgan fingerprint density at radius 3 is 2.07 bits per heavy atom. The minimum Gasteiger partial charge on any atom is -0.462 e. The maximum absolute atomic E-state index is 11.4. The van der Waals surface area contributed by atoms with Crippen LogP contribution in [0.5, 0.6) is 0 Å². The predicted octanol–water partition coefficient (Wildman–Crippen LogP) is 0.519. The van der Waals surface area contributed by atoms with E-state index >= 15 is 0 Å². The number of hydrogen-bond acceptors (Lipinski definition) is 9. The molecule has 0 aromatic carbocycles. The zero-order valence-electron chi connectivity index (χ0n) is 15.7. The largest absolute Gasteiger partial charge is 0.472 e. The number of carbonyl (C=O) groups excluding carboxylic acids is 3. The van der Waals surface area contributed by atoms with Gasteiger partial charge in [0, 0.05) is 26.7 Å². The van der Waals surface area contributed by atoms with Crippen LogP contribution in [-0.4, -0.2) is 58.9 Å². The van der Waals surface area contributed by atoms with Gasteiger partial charge in [0.1, 0.15) is 12.7 Å². The van der Waals surface area contributed by atoms with Gasteiger partial charge in [-0.2, -0.15) is 0 Å². The van der Waals surface area contributed by atoms with E-state index in [1.54, 1.807) is 13.8 Å². The van der Waals surface area contributed by atoms with Crippen molar-refractivity contribution in [1.29, 1.82) is 0 Å². The monoisotopic (exact) mass is 412 g/mol. The van der Waals surface area contributed by atoms with Crippen LogP contribution < -0.4 is 0 Å². The van der Waals surface area contributed by atoms with Crippen molar-refractivity contribution >= 4 is 25.7 Å². The summed E-state index contributed by atoms with van der Waals surface area (Å²) in [6.07, 6.45) is -4.70. The third kappa shape index (κ3) is 7.55. The molecule has 0 aliphatic carbocycles. The van der Waals surface area contributed by atoms with Crippen LogP contribution in [0.3, 0.4) is 0 Å². The molecule has 0 radical (unpaired) electrons. The number of rotatable bonds is 7. The molecule has 0 amide bonds. The Balaban J connectivity index is 3.13. The summed E-state index contributed by atoms with van der Waals surface area (Å²) in [4.78, 5) is 52.1. The number of phosphoric acid groups is 1. The van der Waals surface area contributed by atoms with Crippen molar-refractivity contribution in [2.45, 2.75) is 59.2 Å². The summed E-state index contributed by atoms with van der Waals surface area (Å²) in [7, 11) is -4.99. The van der Waals surface area contributed by atoms with Gasteiger partial charge in [-0.05, 0) is 5.92 Å². The maximum Gasteiger partial charge on any atom is 0.472 e. The molecule has 0 saturated carbocycles. The molecular formula is C15H25O11P. The molecule has 0 aromatic rings. The molecule has 1 aliphatic heterocycles. The highest BCUT2D eigenvalue weighted by Crippen LogP contribution is 2.44. The van der Waals surface area contributed by atoms with Crippen molar-refractivity contribution in [2.75, 3.05) is 6.61 Å². The third-order valence-corrected chi connectivity index (χ3v) is 4.59. The van der Waals surface area contributed by atoms with Crippen molar-refractivity contribution in [2.24, 2.45) is 11.8 Å².